The zero-order valence-corrected chi connectivity index (χ0v) is 13.2. The van der Waals surface area contributed by atoms with Gasteiger partial charge >= 0.3 is 0 Å². The van der Waals surface area contributed by atoms with Crippen molar-refractivity contribution in [2.24, 2.45) is 0 Å². The van der Waals surface area contributed by atoms with E-state index in [1.807, 2.05) is 42.5 Å². The number of nitrogens with zero attached hydrogens (tertiary/aromatic N) is 3. The summed E-state index contributed by atoms with van der Waals surface area (Å²) in [6.07, 6.45) is 4.63. The molecule has 2 aromatic rings. The summed E-state index contributed by atoms with van der Waals surface area (Å²) in [5.74, 6) is -0.242. The van der Waals surface area contributed by atoms with E-state index in [0.29, 0.717) is 6.54 Å². The maximum Gasteiger partial charge on any atom is 0.272 e. The van der Waals surface area contributed by atoms with Gasteiger partial charge in [0, 0.05) is 12.7 Å². The molecule has 1 aliphatic rings. The van der Waals surface area contributed by atoms with Crippen molar-refractivity contribution < 1.29 is 13.6 Å². The third kappa shape index (κ3) is 3.69. The van der Waals surface area contributed by atoms with Gasteiger partial charge in [-0.05, 0) is 24.5 Å². The van der Waals surface area contributed by atoms with E-state index in [-0.39, 0.29) is 17.6 Å². The molecule has 4 nitrogen and oxygen atoms in total. The molecule has 1 aliphatic heterocycles. The minimum Gasteiger partial charge on any atom is -0.331 e. The van der Waals surface area contributed by atoms with E-state index in [4.69, 9.17) is 0 Å². The first-order chi connectivity index (χ1) is 11.6. The normalized spacial score (nSPS) is 18.0. The van der Waals surface area contributed by atoms with Crippen LogP contribution in [0.15, 0.2) is 48.7 Å². The lowest BCUT2D eigenvalue weighted by Crippen LogP contribution is -2.36. The van der Waals surface area contributed by atoms with Crippen molar-refractivity contribution in [1.29, 1.82) is 0 Å². The number of carbonyl (C=O) groups excluding carboxylic acids is 1. The van der Waals surface area contributed by atoms with Crippen LogP contribution in [0.4, 0.5) is 8.78 Å². The van der Waals surface area contributed by atoms with E-state index >= 15 is 0 Å². The third-order valence-electron chi connectivity index (χ3n) is 4.12. The fourth-order valence-corrected chi connectivity index (χ4v) is 2.97. The molecule has 0 spiro atoms. The van der Waals surface area contributed by atoms with Gasteiger partial charge in [-0.2, -0.15) is 5.10 Å². The molecule has 0 aliphatic carbocycles. The summed E-state index contributed by atoms with van der Waals surface area (Å²) in [6, 6.07) is 11.3. The second kappa shape index (κ2) is 7.38. The fourth-order valence-electron chi connectivity index (χ4n) is 2.97. The topological polar surface area (TPSA) is 38.1 Å². The van der Waals surface area contributed by atoms with Crippen LogP contribution in [0.1, 0.15) is 28.9 Å². The molecule has 126 valence electrons. The summed E-state index contributed by atoms with van der Waals surface area (Å²) in [6.45, 7) is 0.0644. The highest BCUT2D eigenvalue weighted by Crippen LogP contribution is 2.22. The van der Waals surface area contributed by atoms with Gasteiger partial charge in [-0.25, -0.2) is 8.78 Å². The molecule has 1 aromatic heterocycles. The Kier molecular flexibility index (Phi) is 5.03. The SMILES string of the molecule is O=C(c1ccnn1CC(F)F)N1CCC[C@H]1/C=C/c1ccccc1. The van der Waals surface area contributed by atoms with Crippen LogP contribution in [0, 0.1) is 0 Å². The number of aromatic nitrogens is 2. The predicted molar refractivity (Wildman–Crippen MR) is 87.8 cm³/mol. The summed E-state index contributed by atoms with van der Waals surface area (Å²) in [5, 5.41) is 3.84. The summed E-state index contributed by atoms with van der Waals surface area (Å²) < 4.78 is 26.3. The average Bonchev–Trinajstić information content (AvgIpc) is 3.22. The number of halogens is 2. The Bertz CT molecular complexity index is 712. The van der Waals surface area contributed by atoms with Crippen LogP contribution in [0.2, 0.25) is 0 Å². The van der Waals surface area contributed by atoms with E-state index in [2.05, 4.69) is 5.10 Å². The monoisotopic (exact) mass is 331 g/mol. The van der Waals surface area contributed by atoms with Gasteiger partial charge in [0.05, 0.1) is 6.04 Å². The van der Waals surface area contributed by atoms with E-state index in [0.717, 1.165) is 23.1 Å². The summed E-state index contributed by atoms with van der Waals surface area (Å²) >= 11 is 0. The van der Waals surface area contributed by atoms with Crippen molar-refractivity contribution >= 4 is 12.0 Å². The molecule has 2 heterocycles. The van der Waals surface area contributed by atoms with Crippen molar-refractivity contribution in [3.05, 3.63) is 59.9 Å². The van der Waals surface area contributed by atoms with E-state index in [1.54, 1.807) is 4.90 Å². The van der Waals surface area contributed by atoms with Crippen LogP contribution in [0.25, 0.3) is 6.08 Å². The molecule has 3 rings (SSSR count). The Balaban J connectivity index is 1.74. The van der Waals surface area contributed by atoms with E-state index < -0.39 is 13.0 Å². The van der Waals surface area contributed by atoms with Crippen molar-refractivity contribution in [3.63, 3.8) is 0 Å². The van der Waals surface area contributed by atoms with E-state index in [9.17, 15) is 13.6 Å². The Morgan fingerprint density at radius 3 is 2.83 bits per heavy atom. The third-order valence-corrected chi connectivity index (χ3v) is 4.12. The van der Waals surface area contributed by atoms with Gasteiger partial charge in [-0.15, -0.1) is 0 Å². The zero-order valence-electron chi connectivity index (χ0n) is 13.2. The lowest BCUT2D eigenvalue weighted by Gasteiger charge is -2.22. The average molecular weight is 331 g/mol. The molecule has 0 unspecified atom stereocenters. The maximum atomic E-state index is 12.7. The second-order valence-corrected chi connectivity index (χ2v) is 5.77. The van der Waals surface area contributed by atoms with Gasteiger partial charge in [0.15, 0.2) is 0 Å². The lowest BCUT2D eigenvalue weighted by atomic mass is 10.1. The molecule has 1 amide bonds. The largest absolute Gasteiger partial charge is 0.331 e. The molecule has 1 aromatic carbocycles. The van der Waals surface area contributed by atoms with Gasteiger partial charge in [-0.3, -0.25) is 9.48 Å². The molecule has 6 heteroatoms. The summed E-state index contributed by atoms with van der Waals surface area (Å²) in [5.41, 5.74) is 1.29. The number of likely N-dealkylation sites (tertiary alicyclic amines) is 1. The molecule has 0 bridgehead atoms. The van der Waals surface area contributed by atoms with Crippen LogP contribution in [-0.2, 0) is 6.54 Å². The maximum absolute atomic E-state index is 12.7. The molecule has 0 radical (unpaired) electrons. The number of amides is 1. The number of carbonyl (C=O) groups is 1. The van der Waals surface area contributed by atoms with Crippen molar-refractivity contribution in [2.45, 2.75) is 31.9 Å². The minimum absolute atomic E-state index is 0.0207. The summed E-state index contributed by atoms with van der Waals surface area (Å²) in [4.78, 5) is 14.5. The number of hydrogen-bond acceptors (Lipinski definition) is 2. The number of alkyl halides is 2. The van der Waals surface area contributed by atoms with Gasteiger partial charge < -0.3 is 4.90 Å². The van der Waals surface area contributed by atoms with Crippen LogP contribution in [0.5, 0.6) is 0 Å². The van der Waals surface area contributed by atoms with Crippen LogP contribution in [0.3, 0.4) is 0 Å². The zero-order chi connectivity index (χ0) is 16.9. The number of hydrogen-bond donors (Lipinski definition) is 0. The molecule has 1 atom stereocenters. The molecule has 0 N–H and O–H groups in total. The van der Waals surface area contributed by atoms with Gasteiger partial charge in [-0.1, -0.05) is 42.5 Å². The molecule has 0 saturated carbocycles. The highest BCUT2D eigenvalue weighted by Gasteiger charge is 2.29. The predicted octanol–water partition coefficient (Wildman–Crippen LogP) is 3.47. The van der Waals surface area contributed by atoms with Crippen LogP contribution >= 0.6 is 0 Å². The lowest BCUT2D eigenvalue weighted by molar-refractivity contribution is 0.0736. The second-order valence-electron chi connectivity index (χ2n) is 5.77. The number of rotatable bonds is 5. The fraction of sp³-hybridized carbons (Fsp3) is 0.333. The van der Waals surface area contributed by atoms with Crippen molar-refractivity contribution in [1.82, 2.24) is 14.7 Å². The van der Waals surface area contributed by atoms with Crippen LogP contribution < -0.4 is 0 Å². The molecular weight excluding hydrogens is 312 g/mol. The minimum atomic E-state index is -2.54. The highest BCUT2D eigenvalue weighted by molar-refractivity contribution is 5.93. The van der Waals surface area contributed by atoms with Crippen molar-refractivity contribution in [2.75, 3.05) is 6.54 Å². The van der Waals surface area contributed by atoms with Gasteiger partial charge in [0.2, 0.25) is 0 Å². The van der Waals surface area contributed by atoms with Gasteiger partial charge in [0.25, 0.3) is 12.3 Å². The summed E-state index contributed by atoms with van der Waals surface area (Å²) in [7, 11) is 0. The Morgan fingerprint density at radius 1 is 1.29 bits per heavy atom. The Labute approximate surface area is 139 Å². The number of benzene rings is 1. The molecule has 1 saturated heterocycles. The smallest absolute Gasteiger partial charge is 0.272 e. The Hall–Kier alpha value is -2.50. The van der Waals surface area contributed by atoms with Crippen molar-refractivity contribution in [3.8, 4) is 0 Å². The van der Waals surface area contributed by atoms with Crippen LogP contribution in [-0.4, -0.2) is 39.6 Å². The first kappa shape index (κ1) is 16.4. The van der Waals surface area contributed by atoms with Gasteiger partial charge in [0.1, 0.15) is 12.2 Å². The standard InChI is InChI=1S/C18H19F2N3O/c19-17(20)13-23-16(10-11-21-23)18(24)22-12-4-7-15(22)9-8-14-5-2-1-3-6-14/h1-3,5-6,8-11,15,17H,4,7,12-13H2/b9-8+/t15-/m0/s1. The molecular formula is C18H19F2N3O. The van der Waals surface area contributed by atoms with E-state index in [1.165, 1.54) is 12.3 Å². The Morgan fingerprint density at radius 2 is 2.08 bits per heavy atom. The molecule has 24 heavy (non-hydrogen) atoms. The quantitative estimate of drug-likeness (QED) is 0.841. The first-order valence-corrected chi connectivity index (χ1v) is 7.99. The molecule has 1 fully saturated rings. The first-order valence-electron chi connectivity index (χ1n) is 7.99. The highest BCUT2D eigenvalue weighted by atomic mass is 19.3.